The van der Waals surface area contributed by atoms with E-state index in [1.165, 1.54) is 6.07 Å². The molecule has 0 amide bonds. The summed E-state index contributed by atoms with van der Waals surface area (Å²) in [6, 6.07) is 4.88. The van der Waals surface area contributed by atoms with E-state index in [1.807, 2.05) is 17.8 Å². The van der Waals surface area contributed by atoms with Crippen LogP contribution in [0.2, 0.25) is 0 Å². The van der Waals surface area contributed by atoms with E-state index < -0.39 is 0 Å². The lowest BCUT2D eigenvalue weighted by atomic mass is 10.1. The van der Waals surface area contributed by atoms with Crippen LogP contribution in [-0.2, 0) is 6.54 Å². The molecular formula is C16H20FNOS. The first-order valence-corrected chi connectivity index (χ1v) is 7.78. The van der Waals surface area contributed by atoms with Crippen LogP contribution in [0.3, 0.4) is 0 Å². The minimum Gasteiger partial charge on any atom is -0.384 e. The van der Waals surface area contributed by atoms with Crippen molar-refractivity contribution in [1.29, 1.82) is 0 Å². The highest BCUT2D eigenvalue weighted by molar-refractivity contribution is 8.00. The zero-order valence-corrected chi connectivity index (χ0v) is 12.7. The maximum atomic E-state index is 13.6. The highest BCUT2D eigenvalue weighted by atomic mass is 32.2. The summed E-state index contributed by atoms with van der Waals surface area (Å²) in [5.74, 6) is 5.06. The molecule has 0 aliphatic carbocycles. The van der Waals surface area contributed by atoms with Crippen LogP contribution in [0.5, 0.6) is 0 Å². The number of hydrogen-bond acceptors (Lipinski definition) is 3. The molecule has 1 N–H and O–H groups in total. The van der Waals surface area contributed by atoms with Gasteiger partial charge in [0.2, 0.25) is 0 Å². The standard InChI is InChI=1S/C16H20FNOS/c1-12-9-18(10-13(2)20-12)11-15-6-14(4-3-5-19)7-16(17)8-15/h6-8,12-13,19H,5,9-11H2,1-2H3. The molecule has 1 aliphatic rings. The lowest BCUT2D eigenvalue weighted by molar-refractivity contribution is 0.262. The number of hydrogen-bond donors (Lipinski definition) is 1. The average molecular weight is 293 g/mol. The van der Waals surface area contributed by atoms with E-state index in [1.54, 1.807) is 6.07 Å². The first-order valence-electron chi connectivity index (χ1n) is 6.84. The van der Waals surface area contributed by atoms with Crippen LogP contribution in [0.4, 0.5) is 4.39 Å². The summed E-state index contributed by atoms with van der Waals surface area (Å²) in [6.45, 7) is 7.07. The number of halogens is 1. The Morgan fingerprint density at radius 1 is 1.30 bits per heavy atom. The third kappa shape index (κ3) is 4.52. The fourth-order valence-electron chi connectivity index (χ4n) is 2.63. The Bertz CT molecular complexity index is 513. The molecule has 1 heterocycles. The van der Waals surface area contributed by atoms with Gasteiger partial charge in [0.1, 0.15) is 12.4 Å². The molecule has 2 nitrogen and oxygen atoms in total. The molecule has 4 heteroatoms. The third-order valence-corrected chi connectivity index (χ3v) is 4.40. The van der Waals surface area contributed by atoms with Crippen LogP contribution in [0, 0.1) is 17.7 Å². The second kappa shape index (κ2) is 7.12. The lowest BCUT2D eigenvalue weighted by Gasteiger charge is -2.34. The van der Waals surface area contributed by atoms with Gasteiger partial charge in [-0.3, -0.25) is 4.90 Å². The van der Waals surface area contributed by atoms with Gasteiger partial charge in [0.15, 0.2) is 0 Å². The predicted octanol–water partition coefficient (Wildman–Crippen LogP) is 2.50. The van der Waals surface area contributed by atoms with E-state index in [0.717, 1.165) is 25.2 Å². The molecule has 0 spiro atoms. The zero-order chi connectivity index (χ0) is 14.5. The molecule has 0 radical (unpaired) electrons. The van der Waals surface area contributed by atoms with Gasteiger partial charge < -0.3 is 5.11 Å². The third-order valence-electron chi connectivity index (χ3n) is 3.17. The maximum absolute atomic E-state index is 13.6. The molecule has 2 rings (SSSR count). The van der Waals surface area contributed by atoms with Crippen molar-refractivity contribution in [3.63, 3.8) is 0 Å². The van der Waals surface area contributed by atoms with Gasteiger partial charge >= 0.3 is 0 Å². The predicted molar refractivity (Wildman–Crippen MR) is 82.2 cm³/mol. The Labute approximate surface area is 124 Å². The summed E-state index contributed by atoms with van der Waals surface area (Å²) in [6.07, 6.45) is 0. The summed E-state index contributed by atoms with van der Waals surface area (Å²) >= 11 is 2.01. The van der Waals surface area contributed by atoms with Gasteiger partial charge in [-0.05, 0) is 23.8 Å². The van der Waals surface area contributed by atoms with Gasteiger partial charge in [0, 0.05) is 35.7 Å². The molecule has 1 aromatic rings. The summed E-state index contributed by atoms with van der Waals surface area (Å²) in [5.41, 5.74) is 1.57. The summed E-state index contributed by atoms with van der Waals surface area (Å²) < 4.78 is 13.6. The molecule has 1 aliphatic heterocycles. The van der Waals surface area contributed by atoms with Crippen LogP contribution in [0.25, 0.3) is 0 Å². The van der Waals surface area contributed by atoms with Crippen molar-refractivity contribution in [2.24, 2.45) is 0 Å². The molecule has 1 saturated heterocycles. The van der Waals surface area contributed by atoms with Crippen molar-refractivity contribution in [2.75, 3.05) is 19.7 Å². The van der Waals surface area contributed by atoms with E-state index in [-0.39, 0.29) is 12.4 Å². The Morgan fingerprint density at radius 3 is 2.65 bits per heavy atom. The number of nitrogens with zero attached hydrogens (tertiary/aromatic N) is 1. The van der Waals surface area contributed by atoms with E-state index >= 15 is 0 Å². The van der Waals surface area contributed by atoms with Gasteiger partial charge in [0.05, 0.1) is 0 Å². The van der Waals surface area contributed by atoms with Gasteiger partial charge in [0.25, 0.3) is 0 Å². The van der Waals surface area contributed by atoms with Crippen molar-refractivity contribution >= 4 is 11.8 Å². The maximum Gasteiger partial charge on any atom is 0.124 e. The molecule has 108 valence electrons. The minimum absolute atomic E-state index is 0.204. The smallest absolute Gasteiger partial charge is 0.124 e. The Hall–Kier alpha value is -1.02. The fourth-order valence-corrected chi connectivity index (χ4v) is 4.01. The zero-order valence-electron chi connectivity index (χ0n) is 11.9. The lowest BCUT2D eigenvalue weighted by Crippen LogP contribution is -2.39. The van der Waals surface area contributed by atoms with Crippen LogP contribution in [0.15, 0.2) is 18.2 Å². The Balaban J connectivity index is 2.10. The number of thioether (sulfide) groups is 1. The Kier molecular flexibility index (Phi) is 5.47. The van der Waals surface area contributed by atoms with E-state index in [2.05, 4.69) is 30.6 Å². The van der Waals surface area contributed by atoms with E-state index in [9.17, 15) is 4.39 Å². The van der Waals surface area contributed by atoms with Crippen molar-refractivity contribution in [1.82, 2.24) is 4.90 Å². The van der Waals surface area contributed by atoms with E-state index in [4.69, 9.17) is 5.11 Å². The number of aliphatic hydroxyl groups excluding tert-OH is 1. The quantitative estimate of drug-likeness (QED) is 0.848. The van der Waals surface area contributed by atoms with E-state index in [0.29, 0.717) is 16.1 Å². The van der Waals surface area contributed by atoms with Crippen molar-refractivity contribution in [2.45, 2.75) is 30.9 Å². The fraction of sp³-hybridized carbons (Fsp3) is 0.500. The second-order valence-electron chi connectivity index (χ2n) is 5.26. The van der Waals surface area contributed by atoms with Crippen molar-refractivity contribution in [3.8, 4) is 11.8 Å². The molecule has 2 atom stereocenters. The van der Waals surface area contributed by atoms with Gasteiger partial charge in [-0.25, -0.2) is 4.39 Å². The monoisotopic (exact) mass is 293 g/mol. The van der Waals surface area contributed by atoms with Gasteiger partial charge in [-0.2, -0.15) is 11.8 Å². The number of aliphatic hydroxyl groups is 1. The van der Waals surface area contributed by atoms with Crippen LogP contribution >= 0.6 is 11.8 Å². The molecule has 0 bridgehead atoms. The molecular weight excluding hydrogens is 273 g/mol. The SMILES string of the molecule is CC1CN(Cc2cc(F)cc(C#CCO)c2)CC(C)S1. The molecule has 2 unspecified atom stereocenters. The molecule has 1 aromatic carbocycles. The van der Waals surface area contributed by atoms with Crippen LogP contribution in [-0.4, -0.2) is 40.2 Å². The topological polar surface area (TPSA) is 23.5 Å². The van der Waals surface area contributed by atoms with Gasteiger partial charge in [-0.1, -0.05) is 25.7 Å². The normalized spacial score (nSPS) is 23.2. The Morgan fingerprint density at radius 2 is 2.00 bits per heavy atom. The molecule has 0 aromatic heterocycles. The highest BCUT2D eigenvalue weighted by Gasteiger charge is 2.22. The van der Waals surface area contributed by atoms with Crippen molar-refractivity contribution < 1.29 is 9.50 Å². The van der Waals surface area contributed by atoms with Crippen LogP contribution < -0.4 is 0 Å². The van der Waals surface area contributed by atoms with Gasteiger partial charge in [-0.15, -0.1) is 0 Å². The summed E-state index contributed by atoms with van der Waals surface area (Å²) in [5, 5.41) is 9.93. The summed E-state index contributed by atoms with van der Waals surface area (Å²) in [7, 11) is 0. The summed E-state index contributed by atoms with van der Waals surface area (Å²) in [4.78, 5) is 2.36. The molecule has 1 fully saturated rings. The van der Waals surface area contributed by atoms with Crippen molar-refractivity contribution in [3.05, 3.63) is 35.1 Å². The number of benzene rings is 1. The molecule has 20 heavy (non-hydrogen) atoms. The highest BCUT2D eigenvalue weighted by Crippen LogP contribution is 2.25. The first kappa shape index (κ1) is 15.4. The second-order valence-corrected chi connectivity index (χ2v) is 7.14. The largest absolute Gasteiger partial charge is 0.384 e. The average Bonchev–Trinajstić information content (AvgIpc) is 2.34. The number of rotatable bonds is 2. The first-order chi connectivity index (χ1) is 9.56. The molecule has 0 saturated carbocycles. The van der Waals surface area contributed by atoms with Crippen LogP contribution in [0.1, 0.15) is 25.0 Å². The minimum atomic E-state index is -0.266.